The van der Waals surface area contributed by atoms with Crippen LogP contribution >= 0.6 is 0 Å². The zero-order valence-electron chi connectivity index (χ0n) is 13.7. The third-order valence-corrected chi connectivity index (χ3v) is 3.60. The molecule has 1 atom stereocenters. The minimum Gasteiger partial charge on any atom is -0.490 e. The van der Waals surface area contributed by atoms with E-state index in [4.69, 9.17) is 10.00 Å². The molecule has 5 nitrogen and oxygen atoms in total. The van der Waals surface area contributed by atoms with Crippen LogP contribution in [-0.4, -0.2) is 30.3 Å². The summed E-state index contributed by atoms with van der Waals surface area (Å²) >= 11 is 0. The van der Waals surface area contributed by atoms with Crippen molar-refractivity contribution in [2.45, 2.75) is 20.0 Å². The third-order valence-electron chi connectivity index (χ3n) is 3.60. The monoisotopic (exact) mass is 324 g/mol. The number of nitrogens with one attached hydrogen (secondary N) is 1. The second-order valence-corrected chi connectivity index (χ2v) is 5.58. The molecule has 2 rings (SSSR count). The van der Waals surface area contributed by atoms with Gasteiger partial charge in [0.15, 0.2) is 0 Å². The predicted molar refractivity (Wildman–Crippen MR) is 90.9 cm³/mol. The number of nitriles is 1. The quantitative estimate of drug-likeness (QED) is 0.854. The van der Waals surface area contributed by atoms with Crippen LogP contribution < -0.4 is 10.1 Å². The Morgan fingerprint density at radius 2 is 1.83 bits per heavy atom. The Morgan fingerprint density at radius 3 is 2.42 bits per heavy atom. The Morgan fingerprint density at radius 1 is 1.21 bits per heavy atom. The molecule has 124 valence electrons. The van der Waals surface area contributed by atoms with Gasteiger partial charge in [0.1, 0.15) is 18.5 Å². The van der Waals surface area contributed by atoms with Gasteiger partial charge < -0.3 is 15.2 Å². The van der Waals surface area contributed by atoms with Crippen LogP contribution in [0.2, 0.25) is 0 Å². The average Bonchev–Trinajstić information content (AvgIpc) is 2.59. The summed E-state index contributed by atoms with van der Waals surface area (Å²) in [5.74, 6) is 0.459. The maximum Gasteiger partial charge on any atom is 0.251 e. The SMILES string of the molecule is Cc1cccc(C)c1OCC(O)CNC(=O)c1ccc(C#N)cc1. The molecule has 0 saturated heterocycles. The van der Waals surface area contributed by atoms with E-state index in [1.807, 2.05) is 38.1 Å². The van der Waals surface area contributed by atoms with Gasteiger partial charge in [-0.25, -0.2) is 0 Å². The largest absolute Gasteiger partial charge is 0.490 e. The minimum absolute atomic E-state index is 0.0871. The lowest BCUT2D eigenvalue weighted by Crippen LogP contribution is -2.35. The third kappa shape index (κ3) is 4.58. The van der Waals surface area contributed by atoms with Crippen molar-refractivity contribution in [3.63, 3.8) is 0 Å². The summed E-state index contributed by atoms with van der Waals surface area (Å²) in [4.78, 5) is 12.0. The number of hydrogen-bond donors (Lipinski definition) is 2. The summed E-state index contributed by atoms with van der Waals surface area (Å²) in [7, 11) is 0. The predicted octanol–water partition coefficient (Wildman–Crippen LogP) is 2.34. The number of aliphatic hydroxyl groups is 1. The number of carbonyl (C=O) groups is 1. The number of para-hydroxylation sites is 1. The molecule has 24 heavy (non-hydrogen) atoms. The Bertz CT molecular complexity index is 728. The summed E-state index contributed by atoms with van der Waals surface area (Å²) in [6.07, 6.45) is -0.814. The van der Waals surface area contributed by atoms with Crippen molar-refractivity contribution in [2.75, 3.05) is 13.2 Å². The molecule has 0 aromatic heterocycles. The molecule has 0 fully saturated rings. The molecule has 0 aliphatic carbocycles. The summed E-state index contributed by atoms with van der Waals surface area (Å²) in [6, 6.07) is 14.1. The van der Waals surface area contributed by atoms with E-state index < -0.39 is 6.10 Å². The number of rotatable bonds is 6. The molecule has 0 saturated carbocycles. The van der Waals surface area contributed by atoms with Crippen LogP contribution in [-0.2, 0) is 0 Å². The molecule has 0 heterocycles. The first-order valence-corrected chi connectivity index (χ1v) is 7.66. The van der Waals surface area contributed by atoms with Crippen LogP contribution in [0.1, 0.15) is 27.0 Å². The zero-order chi connectivity index (χ0) is 17.5. The zero-order valence-corrected chi connectivity index (χ0v) is 13.7. The number of hydrogen-bond acceptors (Lipinski definition) is 4. The highest BCUT2D eigenvalue weighted by atomic mass is 16.5. The molecule has 0 radical (unpaired) electrons. The van der Waals surface area contributed by atoms with Gasteiger partial charge >= 0.3 is 0 Å². The molecule has 1 amide bonds. The number of amides is 1. The summed E-state index contributed by atoms with van der Waals surface area (Å²) in [6.45, 7) is 4.08. The molecule has 0 aliphatic rings. The molecule has 2 N–H and O–H groups in total. The highest BCUT2D eigenvalue weighted by molar-refractivity contribution is 5.94. The number of aliphatic hydroxyl groups excluding tert-OH is 1. The van der Waals surface area contributed by atoms with Crippen molar-refractivity contribution in [2.24, 2.45) is 0 Å². The molecular weight excluding hydrogens is 304 g/mol. The highest BCUT2D eigenvalue weighted by Gasteiger charge is 2.11. The van der Waals surface area contributed by atoms with Gasteiger partial charge in [-0.15, -0.1) is 0 Å². The summed E-state index contributed by atoms with van der Waals surface area (Å²) in [5.41, 5.74) is 2.94. The van der Waals surface area contributed by atoms with E-state index in [1.165, 1.54) is 0 Å². The molecule has 2 aromatic carbocycles. The standard InChI is InChI=1S/C19H20N2O3/c1-13-4-3-5-14(2)18(13)24-12-17(22)11-21-19(23)16-8-6-15(10-20)7-9-16/h3-9,17,22H,11-12H2,1-2H3,(H,21,23). The minimum atomic E-state index is -0.814. The van der Waals surface area contributed by atoms with Gasteiger partial charge in [-0.05, 0) is 49.2 Å². The van der Waals surface area contributed by atoms with Gasteiger partial charge in [-0.1, -0.05) is 18.2 Å². The van der Waals surface area contributed by atoms with E-state index in [2.05, 4.69) is 5.32 Å². The molecule has 0 bridgehead atoms. The van der Waals surface area contributed by atoms with Crippen LogP contribution in [0.25, 0.3) is 0 Å². The van der Waals surface area contributed by atoms with E-state index in [0.717, 1.165) is 16.9 Å². The lowest BCUT2D eigenvalue weighted by atomic mass is 10.1. The number of ether oxygens (including phenoxy) is 1. The lowest BCUT2D eigenvalue weighted by molar-refractivity contribution is 0.0841. The summed E-state index contributed by atoms with van der Waals surface area (Å²) < 4.78 is 5.66. The van der Waals surface area contributed by atoms with Crippen molar-refractivity contribution in [1.82, 2.24) is 5.32 Å². The normalized spacial score (nSPS) is 11.4. The lowest BCUT2D eigenvalue weighted by Gasteiger charge is -2.16. The van der Waals surface area contributed by atoms with Crippen molar-refractivity contribution >= 4 is 5.91 Å². The van der Waals surface area contributed by atoms with Gasteiger partial charge in [0.2, 0.25) is 0 Å². The molecule has 1 unspecified atom stereocenters. The maximum atomic E-state index is 12.0. The van der Waals surface area contributed by atoms with Gasteiger partial charge in [0.05, 0.1) is 11.6 Å². The van der Waals surface area contributed by atoms with Crippen LogP contribution in [0.5, 0.6) is 5.75 Å². The van der Waals surface area contributed by atoms with E-state index in [1.54, 1.807) is 24.3 Å². The maximum absolute atomic E-state index is 12.0. The molecule has 0 aliphatic heterocycles. The van der Waals surface area contributed by atoms with Gasteiger partial charge in [0, 0.05) is 12.1 Å². The first kappa shape index (κ1) is 17.5. The number of aryl methyl sites for hydroxylation is 2. The second kappa shape index (κ2) is 8.14. The highest BCUT2D eigenvalue weighted by Crippen LogP contribution is 2.22. The number of nitrogens with zero attached hydrogens (tertiary/aromatic N) is 1. The van der Waals surface area contributed by atoms with E-state index in [9.17, 15) is 9.90 Å². The number of benzene rings is 2. The van der Waals surface area contributed by atoms with Crippen molar-refractivity contribution in [3.05, 3.63) is 64.7 Å². The van der Waals surface area contributed by atoms with Crippen LogP contribution in [0, 0.1) is 25.2 Å². The van der Waals surface area contributed by atoms with Gasteiger partial charge in [-0.2, -0.15) is 5.26 Å². The Kier molecular flexibility index (Phi) is 5.94. The fraction of sp³-hybridized carbons (Fsp3) is 0.263. The van der Waals surface area contributed by atoms with E-state index in [-0.39, 0.29) is 19.1 Å². The smallest absolute Gasteiger partial charge is 0.251 e. The van der Waals surface area contributed by atoms with Crippen LogP contribution in [0.15, 0.2) is 42.5 Å². The van der Waals surface area contributed by atoms with Crippen molar-refractivity contribution in [3.8, 4) is 11.8 Å². The first-order chi connectivity index (χ1) is 11.5. The fourth-order valence-electron chi connectivity index (χ4n) is 2.27. The average molecular weight is 324 g/mol. The van der Waals surface area contributed by atoms with E-state index >= 15 is 0 Å². The van der Waals surface area contributed by atoms with Crippen molar-refractivity contribution in [1.29, 1.82) is 5.26 Å². The molecule has 0 spiro atoms. The summed E-state index contributed by atoms with van der Waals surface area (Å²) in [5, 5.41) is 21.4. The Labute approximate surface area is 141 Å². The first-order valence-electron chi connectivity index (χ1n) is 7.66. The van der Waals surface area contributed by atoms with Crippen LogP contribution in [0.4, 0.5) is 0 Å². The molecular formula is C19H20N2O3. The Balaban J connectivity index is 1.83. The van der Waals surface area contributed by atoms with E-state index in [0.29, 0.717) is 11.1 Å². The van der Waals surface area contributed by atoms with Crippen LogP contribution in [0.3, 0.4) is 0 Å². The fourth-order valence-corrected chi connectivity index (χ4v) is 2.27. The molecule has 2 aromatic rings. The van der Waals surface area contributed by atoms with Gasteiger partial charge in [0.25, 0.3) is 5.91 Å². The molecule has 5 heteroatoms. The van der Waals surface area contributed by atoms with Crippen molar-refractivity contribution < 1.29 is 14.6 Å². The topological polar surface area (TPSA) is 82.3 Å². The Hall–Kier alpha value is -2.84. The van der Waals surface area contributed by atoms with Gasteiger partial charge in [-0.3, -0.25) is 4.79 Å². The second-order valence-electron chi connectivity index (χ2n) is 5.58. The number of carbonyl (C=O) groups excluding carboxylic acids is 1.